The molecule has 1 aromatic rings. The highest BCUT2D eigenvalue weighted by Gasteiger charge is 2.71. The van der Waals surface area contributed by atoms with Gasteiger partial charge in [0.1, 0.15) is 12.6 Å². The molecule has 3 fully saturated rings. The van der Waals surface area contributed by atoms with Gasteiger partial charge < -0.3 is 24.4 Å². The molecule has 2 bridgehead atoms. The topological polar surface area (TPSA) is 61.4 Å². The van der Waals surface area contributed by atoms with Crippen molar-refractivity contribution >= 4 is 11.7 Å². The normalized spacial score (nSPS) is 46.0. The van der Waals surface area contributed by atoms with Crippen molar-refractivity contribution in [1.82, 2.24) is 0 Å². The van der Waals surface area contributed by atoms with Gasteiger partial charge in [-0.05, 0) is 23.1 Å². The molecule has 5 aliphatic rings. The van der Waals surface area contributed by atoms with Crippen molar-refractivity contribution < 1.29 is 19.1 Å². The molecular formula is C22H26N2O3. The Morgan fingerprint density at radius 3 is 3.11 bits per heavy atom. The van der Waals surface area contributed by atoms with Gasteiger partial charge in [0.15, 0.2) is 0 Å². The highest BCUT2D eigenvalue weighted by atomic mass is 16.5. The number of carbonyl (C=O) groups excluding carboxylic acids is 1. The lowest BCUT2D eigenvalue weighted by Gasteiger charge is -2.57. The van der Waals surface area contributed by atoms with Crippen LogP contribution in [0.1, 0.15) is 24.8 Å². The number of nitrogens with one attached hydrogen (secondary N) is 1. The summed E-state index contributed by atoms with van der Waals surface area (Å²) in [6.45, 7) is 2.81. The Bertz CT molecular complexity index is 867. The van der Waals surface area contributed by atoms with Crippen molar-refractivity contribution in [2.24, 2.45) is 11.8 Å². The predicted octanol–water partition coefficient (Wildman–Crippen LogP) is 1.05. The molecule has 1 N–H and O–H groups in total. The number of rotatable bonds is 2. The second-order valence-electron chi connectivity index (χ2n) is 9.48. The third-order valence-electron chi connectivity index (χ3n) is 8.48. The fourth-order valence-corrected chi connectivity index (χ4v) is 7.57. The number of ether oxygens (including phenoxy) is 1. The van der Waals surface area contributed by atoms with Crippen molar-refractivity contribution in [2.45, 2.75) is 42.9 Å². The van der Waals surface area contributed by atoms with Crippen LogP contribution in [0.5, 0.6) is 0 Å². The Labute approximate surface area is 159 Å². The van der Waals surface area contributed by atoms with Crippen molar-refractivity contribution in [3.63, 3.8) is 0 Å². The van der Waals surface area contributed by atoms with Gasteiger partial charge in [0.25, 0.3) is 0 Å². The van der Waals surface area contributed by atoms with Crippen molar-refractivity contribution in [3.05, 3.63) is 41.5 Å². The first-order chi connectivity index (χ1) is 13.0. The third-order valence-corrected chi connectivity index (χ3v) is 8.48. The fraction of sp³-hybridized carbons (Fsp3) is 0.591. The van der Waals surface area contributed by atoms with Gasteiger partial charge in [-0.15, -0.1) is 0 Å². The molecule has 4 heterocycles. The predicted molar refractivity (Wildman–Crippen MR) is 98.9 cm³/mol. The maximum Gasteiger partial charge on any atom is 0.102 e. The number of aliphatic carboxylic acids is 1. The average Bonchev–Trinajstić information content (AvgIpc) is 3.08. The molecule has 27 heavy (non-hydrogen) atoms. The number of carboxylic acids is 1. The number of hydrogen-bond donors (Lipinski definition) is 1. The zero-order valence-electron chi connectivity index (χ0n) is 15.7. The molecule has 0 amide bonds. The molecule has 6 rings (SSSR count). The number of para-hydroxylation sites is 1. The Morgan fingerprint density at radius 2 is 2.26 bits per heavy atom. The number of carboxylic acid groups (broad SMARTS) is 1. The molecule has 7 atom stereocenters. The van der Waals surface area contributed by atoms with Gasteiger partial charge in [0.05, 0.1) is 31.7 Å². The van der Waals surface area contributed by atoms with Crippen LogP contribution < -0.4 is 10.4 Å². The summed E-state index contributed by atoms with van der Waals surface area (Å²) in [5.74, 6) is -0.392. The Hall–Kier alpha value is -1.85. The van der Waals surface area contributed by atoms with E-state index >= 15 is 0 Å². The lowest BCUT2D eigenvalue weighted by atomic mass is 9.54. The van der Waals surface area contributed by atoms with Crippen molar-refractivity contribution in [2.75, 3.05) is 32.1 Å². The van der Waals surface area contributed by atoms with Gasteiger partial charge in [-0.1, -0.05) is 24.3 Å². The number of likely N-dealkylation sites (N-methyl/N-ethyl adjacent to an activating group) is 1. The first-order valence-electron chi connectivity index (χ1n) is 10.2. The monoisotopic (exact) mass is 366 g/mol. The van der Waals surface area contributed by atoms with E-state index in [4.69, 9.17) is 4.74 Å². The summed E-state index contributed by atoms with van der Waals surface area (Å²) in [4.78, 5) is 11.5. The van der Waals surface area contributed by atoms with E-state index in [1.807, 2.05) is 0 Å². The lowest BCUT2D eigenvalue weighted by molar-refractivity contribution is -0.924. The molecule has 5 nitrogen and oxygen atoms in total. The van der Waals surface area contributed by atoms with Gasteiger partial charge in [-0.3, -0.25) is 0 Å². The largest absolute Gasteiger partial charge is 0.550 e. The van der Waals surface area contributed by atoms with E-state index < -0.39 is 5.97 Å². The summed E-state index contributed by atoms with van der Waals surface area (Å²) in [6.07, 6.45) is 4.27. The minimum atomic E-state index is -1.00. The number of carbonyl (C=O) groups is 1. The molecule has 4 aliphatic heterocycles. The zero-order chi connectivity index (χ0) is 18.4. The summed E-state index contributed by atoms with van der Waals surface area (Å²) in [5, 5.41) is 15.4. The molecule has 1 aromatic carbocycles. The molecule has 1 saturated carbocycles. The van der Waals surface area contributed by atoms with Gasteiger partial charge in [-0.2, -0.15) is 0 Å². The van der Waals surface area contributed by atoms with E-state index in [9.17, 15) is 9.90 Å². The summed E-state index contributed by atoms with van der Waals surface area (Å²) in [5.41, 5.74) is 4.28. The molecule has 1 spiro atoms. The van der Waals surface area contributed by atoms with E-state index in [1.54, 1.807) is 0 Å². The Kier molecular flexibility index (Phi) is 3.08. The number of anilines is 1. The maximum atomic E-state index is 11.5. The molecule has 142 valence electrons. The Morgan fingerprint density at radius 1 is 1.41 bits per heavy atom. The number of nitrogens with zero attached hydrogens (tertiary/aromatic N) is 1. The molecule has 0 radical (unpaired) electrons. The SMILES string of the molecule is C[N+]12CCC34c5ccccc5NC3C3C(CC(=O)[O-])OCC=C(C1)C3CC42. The molecule has 5 heteroatoms. The van der Waals surface area contributed by atoms with E-state index in [-0.39, 0.29) is 29.9 Å². The van der Waals surface area contributed by atoms with Crippen LogP contribution in [0.3, 0.4) is 0 Å². The number of fused-ring (bicyclic) bond motifs is 2. The van der Waals surface area contributed by atoms with Crippen LogP contribution in [0.25, 0.3) is 0 Å². The summed E-state index contributed by atoms with van der Waals surface area (Å²) in [7, 11) is 2.43. The summed E-state index contributed by atoms with van der Waals surface area (Å²) in [6, 6.07) is 9.58. The van der Waals surface area contributed by atoms with Crippen LogP contribution in [0.4, 0.5) is 5.69 Å². The molecule has 2 saturated heterocycles. The smallest absolute Gasteiger partial charge is 0.102 e. The molecule has 0 aromatic heterocycles. The van der Waals surface area contributed by atoms with Crippen molar-refractivity contribution in [3.8, 4) is 0 Å². The quantitative estimate of drug-likeness (QED) is 0.628. The van der Waals surface area contributed by atoms with E-state index in [0.29, 0.717) is 18.6 Å². The van der Waals surface area contributed by atoms with E-state index in [2.05, 4.69) is 42.7 Å². The van der Waals surface area contributed by atoms with Crippen LogP contribution in [-0.4, -0.2) is 55.4 Å². The third kappa shape index (κ3) is 1.89. The van der Waals surface area contributed by atoms with Gasteiger partial charge in [-0.25, -0.2) is 0 Å². The van der Waals surface area contributed by atoms with Crippen LogP contribution in [0, 0.1) is 11.8 Å². The first-order valence-corrected chi connectivity index (χ1v) is 10.2. The maximum absolute atomic E-state index is 11.5. The minimum Gasteiger partial charge on any atom is -0.550 e. The van der Waals surface area contributed by atoms with E-state index in [0.717, 1.165) is 23.9 Å². The molecular weight excluding hydrogens is 340 g/mol. The molecule has 1 aliphatic carbocycles. The summed E-state index contributed by atoms with van der Waals surface area (Å²) < 4.78 is 7.25. The van der Waals surface area contributed by atoms with Crippen LogP contribution in [0.15, 0.2) is 35.9 Å². The number of hydrogen-bond acceptors (Lipinski definition) is 4. The Balaban J connectivity index is 1.55. The zero-order valence-corrected chi connectivity index (χ0v) is 15.7. The second kappa shape index (κ2) is 5.15. The second-order valence-corrected chi connectivity index (χ2v) is 9.48. The first kappa shape index (κ1) is 16.1. The number of piperidine rings is 1. The standard InChI is InChI=1S/C22H26N2O3/c1-24-8-7-22-15-4-2-3-5-16(15)23-21(22)20-14(10-18(22)24)13(12-24)6-9-27-17(20)11-19(25)26/h2-6,14,17-18,20-21,23H,7-12H2,1H3. The van der Waals surface area contributed by atoms with Gasteiger partial charge in [0.2, 0.25) is 0 Å². The van der Waals surface area contributed by atoms with Crippen LogP contribution >= 0.6 is 0 Å². The van der Waals surface area contributed by atoms with Crippen molar-refractivity contribution in [1.29, 1.82) is 0 Å². The van der Waals surface area contributed by atoms with Gasteiger partial charge >= 0.3 is 0 Å². The minimum absolute atomic E-state index is 0.0102. The van der Waals surface area contributed by atoms with Gasteiger partial charge in [0, 0.05) is 42.9 Å². The number of benzene rings is 1. The highest BCUT2D eigenvalue weighted by molar-refractivity contribution is 5.67. The highest BCUT2D eigenvalue weighted by Crippen LogP contribution is 2.64. The van der Waals surface area contributed by atoms with E-state index in [1.165, 1.54) is 23.4 Å². The fourth-order valence-electron chi connectivity index (χ4n) is 7.57. The van der Waals surface area contributed by atoms with Crippen LogP contribution in [0.2, 0.25) is 0 Å². The average molecular weight is 366 g/mol. The lowest BCUT2D eigenvalue weighted by Crippen LogP contribution is -2.68. The summed E-state index contributed by atoms with van der Waals surface area (Å²) >= 11 is 0. The molecule has 7 unspecified atom stereocenters. The number of quaternary nitrogens is 1. The van der Waals surface area contributed by atoms with Crippen LogP contribution in [-0.2, 0) is 14.9 Å².